The third-order valence-corrected chi connectivity index (χ3v) is 1.95. The highest BCUT2D eigenvalue weighted by Crippen LogP contribution is 2.05. The molecular weight excluding hydrogens is 200 g/mol. The Morgan fingerprint density at radius 1 is 1.50 bits per heavy atom. The van der Waals surface area contributed by atoms with Crippen molar-refractivity contribution >= 4 is 12.0 Å². The summed E-state index contributed by atoms with van der Waals surface area (Å²) in [5.74, 6) is 2.07. The average molecular weight is 214 g/mol. The minimum atomic E-state index is -0.475. The van der Waals surface area contributed by atoms with Gasteiger partial charge in [-0.05, 0) is 5.56 Å². The topological polar surface area (TPSA) is 26.3 Å². The van der Waals surface area contributed by atoms with Crippen LogP contribution in [0.3, 0.4) is 0 Å². The number of carbonyl (C=O) groups is 1. The van der Waals surface area contributed by atoms with Crippen LogP contribution >= 0.6 is 0 Å². The molecule has 0 aliphatic carbocycles. The van der Waals surface area contributed by atoms with Crippen LogP contribution in [0.4, 0.5) is 0 Å². The molecule has 0 fully saturated rings. The van der Waals surface area contributed by atoms with Crippen molar-refractivity contribution in [2.45, 2.75) is 19.4 Å². The first-order valence-corrected chi connectivity index (χ1v) is 5.07. The van der Waals surface area contributed by atoms with Gasteiger partial charge in [0.1, 0.15) is 0 Å². The molecule has 0 aromatic heterocycles. The molecule has 0 saturated carbocycles. The molecule has 0 radical (unpaired) electrons. The van der Waals surface area contributed by atoms with Crippen molar-refractivity contribution < 1.29 is 9.53 Å². The Labute approximate surface area is 95.9 Å². The van der Waals surface area contributed by atoms with E-state index in [0.29, 0.717) is 6.42 Å². The Morgan fingerprint density at radius 2 is 2.19 bits per heavy atom. The molecule has 1 atom stereocenters. The van der Waals surface area contributed by atoms with Crippen molar-refractivity contribution in [1.82, 2.24) is 0 Å². The molecule has 82 valence electrons. The Bertz CT molecular complexity index is 398. The molecular formula is C14H14O2. The number of carbonyl (C=O) groups excluding carboxylic acids is 1. The average Bonchev–Trinajstić information content (AvgIpc) is 2.28. The zero-order valence-corrected chi connectivity index (χ0v) is 9.22. The molecule has 1 unspecified atom stereocenters. The van der Waals surface area contributed by atoms with Crippen molar-refractivity contribution in [1.29, 1.82) is 0 Å². The lowest BCUT2D eigenvalue weighted by Crippen LogP contribution is -2.12. The summed E-state index contributed by atoms with van der Waals surface area (Å²) >= 11 is 0. The van der Waals surface area contributed by atoms with Crippen molar-refractivity contribution in [3.05, 3.63) is 42.0 Å². The van der Waals surface area contributed by atoms with E-state index in [4.69, 9.17) is 11.2 Å². The van der Waals surface area contributed by atoms with E-state index < -0.39 is 6.10 Å². The molecule has 0 aliphatic rings. The molecule has 0 amide bonds. The van der Waals surface area contributed by atoms with Gasteiger partial charge >= 0.3 is 5.97 Å². The predicted octanol–water partition coefficient (Wildman–Crippen LogP) is 2.65. The summed E-state index contributed by atoms with van der Waals surface area (Å²) < 4.78 is 4.91. The number of rotatable bonds is 4. The van der Waals surface area contributed by atoms with E-state index in [1.54, 1.807) is 0 Å². The molecule has 0 bridgehead atoms. The van der Waals surface area contributed by atoms with Crippen LogP contribution in [0.5, 0.6) is 0 Å². The zero-order chi connectivity index (χ0) is 11.8. The van der Waals surface area contributed by atoms with E-state index in [-0.39, 0.29) is 5.97 Å². The van der Waals surface area contributed by atoms with E-state index in [2.05, 4.69) is 5.92 Å². The van der Waals surface area contributed by atoms with Gasteiger partial charge in [-0.1, -0.05) is 48.4 Å². The van der Waals surface area contributed by atoms with Crippen LogP contribution in [0, 0.1) is 12.3 Å². The summed E-state index contributed by atoms with van der Waals surface area (Å²) in [5.41, 5.74) is 1.10. The smallest absolute Gasteiger partial charge is 0.303 e. The number of hydrogen-bond donors (Lipinski definition) is 0. The van der Waals surface area contributed by atoms with Gasteiger partial charge in [-0.15, -0.1) is 6.42 Å². The minimum absolute atomic E-state index is 0.351. The van der Waals surface area contributed by atoms with E-state index in [9.17, 15) is 4.79 Å². The van der Waals surface area contributed by atoms with Crippen molar-refractivity contribution in [2.24, 2.45) is 0 Å². The molecule has 2 nitrogen and oxygen atoms in total. The lowest BCUT2D eigenvalue weighted by Gasteiger charge is -2.07. The summed E-state index contributed by atoms with van der Waals surface area (Å²) in [4.78, 5) is 10.7. The second-order valence-electron chi connectivity index (χ2n) is 3.31. The molecule has 16 heavy (non-hydrogen) atoms. The van der Waals surface area contributed by atoms with Gasteiger partial charge in [0.2, 0.25) is 0 Å². The van der Waals surface area contributed by atoms with Crippen LogP contribution < -0.4 is 0 Å². The van der Waals surface area contributed by atoms with Crippen LogP contribution in [0.1, 0.15) is 18.9 Å². The van der Waals surface area contributed by atoms with Crippen LogP contribution in [0.2, 0.25) is 0 Å². The lowest BCUT2D eigenvalue weighted by molar-refractivity contribution is -0.143. The number of ether oxygens (including phenoxy) is 1. The third kappa shape index (κ3) is 4.47. The van der Waals surface area contributed by atoms with Gasteiger partial charge in [-0.25, -0.2) is 0 Å². The number of hydrogen-bond acceptors (Lipinski definition) is 2. The van der Waals surface area contributed by atoms with Crippen LogP contribution in [-0.4, -0.2) is 12.1 Å². The number of benzene rings is 1. The fraction of sp³-hybridized carbons (Fsp3) is 0.214. The van der Waals surface area contributed by atoms with Crippen molar-refractivity contribution in [2.75, 3.05) is 0 Å². The predicted molar refractivity (Wildman–Crippen MR) is 64.5 cm³/mol. The fourth-order valence-electron chi connectivity index (χ4n) is 1.24. The monoisotopic (exact) mass is 214 g/mol. The van der Waals surface area contributed by atoms with Crippen molar-refractivity contribution in [3.8, 4) is 12.3 Å². The maximum atomic E-state index is 10.7. The molecule has 2 heteroatoms. The highest BCUT2D eigenvalue weighted by molar-refractivity contribution is 5.66. The Kier molecular flexibility index (Phi) is 4.88. The first-order valence-electron chi connectivity index (χ1n) is 5.07. The largest absolute Gasteiger partial charge is 0.449 e. The van der Waals surface area contributed by atoms with Crippen LogP contribution in [-0.2, 0) is 9.53 Å². The van der Waals surface area contributed by atoms with E-state index >= 15 is 0 Å². The van der Waals surface area contributed by atoms with Crippen molar-refractivity contribution in [3.63, 3.8) is 0 Å². The van der Waals surface area contributed by atoms with E-state index in [1.165, 1.54) is 6.92 Å². The van der Waals surface area contributed by atoms with Gasteiger partial charge in [0.15, 0.2) is 6.10 Å². The minimum Gasteiger partial charge on any atom is -0.449 e. The summed E-state index contributed by atoms with van der Waals surface area (Å²) in [6.45, 7) is 1.35. The van der Waals surface area contributed by atoms with E-state index in [0.717, 1.165) is 5.56 Å². The van der Waals surface area contributed by atoms with Gasteiger partial charge < -0.3 is 4.74 Å². The van der Waals surface area contributed by atoms with Gasteiger partial charge in [-0.3, -0.25) is 4.79 Å². The Balaban J connectivity index is 2.47. The molecule has 1 aromatic rings. The molecule has 0 N–H and O–H groups in total. The van der Waals surface area contributed by atoms with Crippen LogP contribution in [0.25, 0.3) is 6.08 Å². The fourth-order valence-corrected chi connectivity index (χ4v) is 1.24. The second kappa shape index (κ2) is 6.47. The first-order chi connectivity index (χ1) is 7.72. The quantitative estimate of drug-likeness (QED) is 0.569. The molecule has 1 aromatic carbocycles. The maximum absolute atomic E-state index is 10.7. The Morgan fingerprint density at radius 3 is 2.75 bits per heavy atom. The zero-order valence-electron chi connectivity index (χ0n) is 9.22. The number of esters is 1. The summed E-state index contributed by atoms with van der Waals surface area (Å²) in [6, 6.07) is 9.87. The molecule has 0 aliphatic heterocycles. The maximum Gasteiger partial charge on any atom is 0.303 e. The van der Waals surface area contributed by atoms with E-state index in [1.807, 2.05) is 42.5 Å². The molecule has 0 saturated heterocycles. The highest BCUT2D eigenvalue weighted by Gasteiger charge is 2.04. The Hall–Kier alpha value is -2.01. The third-order valence-electron chi connectivity index (χ3n) is 1.95. The highest BCUT2D eigenvalue weighted by atomic mass is 16.5. The van der Waals surface area contributed by atoms with Crippen LogP contribution in [0.15, 0.2) is 36.4 Å². The lowest BCUT2D eigenvalue weighted by atomic mass is 10.2. The first kappa shape index (κ1) is 12.1. The molecule has 0 heterocycles. The normalized spacial score (nSPS) is 12.0. The van der Waals surface area contributed by atoms with Gasteiger partial charge in [0, 0.05) is 13.3 Å². The second-order valence-corrected chi connectivity index (χ2v) is 3.31. The standard InChI is InChI=1S/C14H14O2/c1-3-14(16-12(2)15)11-7-10-13-8-5-4-6-9-13/h1,4-10,14H,11H2,2H3/b10-7+. The summed E-state index contributed by atoms with van der Waals surface area (Å²) in [7, 11) is 0. The van der Waals surface area contributed by atoms with Gasteiger partial charge in [0.05, 0.1) is 0 Å². The molecule has 1 rings (SSSR count). The van der Waals surface area contributed by atoms with Gasteiger partial charge in [0.25, 0.3) is 0 Å². The summed E-state index contributed by atoms with van der Waals surface area (Å²) in [6.07, 6.45) is 9.16. The summed E-state index contributed by atoms with van der Waals surface area (Å²) in [5, 5.41) is 0. The molecule has 0 spiro atoms. The SMILES string of the molecule is C#CC(C/C=C/c1ccccc1)OC(C)=O. The number of terminal acetylenes is 1. The van der Waals surface area contributed by atoms with Gasteiger partial charge in [-0.2, -0.15) is 0 Å².